The number of fused-ring (bicyclic) bond motifs is 2. The summed E-state index contributed by atoms with van der Waals surface area (Å²) in [6, 6.07) is 3.98. The Morgan fingerprint density at radius 2 is 2.07 bits per heavy atom. The number of nitrogens with zero attached hydrogens (tertiary/aromatic N) is 3. The Morgan fingerprint density at radius 3 is 2.74 bits per heavy atom. The number of carbonyl (C=O) groups is 1. The molecule has 0 unspecified atom stereocenters. The van der Waals surface area contributed by atoms with E-state index >= 15 is 0 Å². The number of carboxylic acid groups (broad SMARTS) is 1. The molecule has 144 valence electrons. The third-order valence-electron chi connectivity index (χ3n) is 5.62. The van der Waals surface area contributed by atoms with Gasteiger partial charge >= 0.3 is 0 Å². The molecule has 4 rings (SSSR count). The lowest BCUT2D eigenvalue weighted by Crippen LogP contribution is -2.42. The zero-order valence-corrected chi connectivity index (χ0v) is 15.4. The fraction of sp³-hybridized carbons (Fsp3) is 0.474. The van der Waals surface area contributed by atoms with Crippen LogP contribution in [0.25, 0.3) is 0 Å². The minimum absolute atomic E-state index is 0.0555. The molecule has 1 spiro atoms. The largest absolute Gasteiger partial charge is 0.483 e. The van der Waals surface area contributed by atoms with Crippen molar-refractivity contribution in [1.82, 2.24) is 19.9 Å². The molecule has 3 heterocycles. The molecule has 0 atom stereocenters. The van der Waals surface area contributed by atoms with Gasteiger partial charge in [-0.1, -0.05) is 6.07 Å². The number of hydrogen-bond donors (Lipinski definition) is 3. The summed E-state index contributed by atoms with van der Waals surface area (Å²) in [5, 5.41) is 6.89. The predicted molar refractivity (Wildman–Crippen MR) is 101 cm³/mol. The summed E-state index contributed by atoms with van der Waals surface area (Å²) >= 11 is 0. The second-order valence-electron chi connectivity index (χ2n) is 7.19. The van der Waals surface area contributed by atoms with Crippen molar-refractivity contribution in [3.05, 3.63) is 51.3 Å². The number of nitrogens with two attached hydrogens (primary N) is 1. The molecule has 2 aliphatic rings. The van der Waals surface area contributed by atoms with E-state index in [4.69, 9.17) is 20.6 Å². The predicted octanol–water partition coefficient (Wildman–Crippen LogP) is 1.24. The van der Waals surface area contributed by atoms with Gasteiger partial charge in [-0.25, -0.2) is 9.97 Å². The molecule has 4 N–H and O–H groups in total. The molecule has 0 radical (unpaired) electrons. The molecular weight excluding hydrogens is 346 g/mol. The van der Waals surface area contributed by atoms with E-state index in [1.54, 1.807) is 6.20 Å². The van der Waals surface area contributed by atoms with Crippen LogP contribution in [0, 0.1) is 6.92 Å². The van der Waals surface area contributed by atoms with Crippen LogP contribution >= 0.6 is 0 Å². The van der Waals surface area contributed by atoms with Gasteiger partial charge in [-0.3, -0.25) is 14.5 Å². The van der Waals surface area contributed by atoms with E-state index in [1.807, 2.05) is 19.1 Å². The Morgan fingerprint density at radius 1 is 1.37 bits per heavy atom. The SMILES string of the molecule is Cc1nc2c(c(=O)[nH]1)CCC21CCN(Cc2cccnc2N)CC1.O=CO. The number of pyridine rings is 1. The molecule has 1 aliphatic carbocycles. The van der Waals surface area contributed by atoms with Crippen LogP contribution in [-0.2, 0) is 23.2 Å². The van der Waals surface area contributed by atoms with Crippen LogP contribution in [0.4, 0.5) is 5.82 Å². The van der Waals surface area contributed by atoms with Gasteiger partial charge in [-0.15, -0.1) is 0 Å². The highest BCUT2D eigenvalue weighted by Crippen LogP contribution is 2.44. The lowest BCUT2D eigenvalue weighted by atomic mass is 9.76. The molecule has 0 amide bonds. The summed E-state index contributed by atoms with van der Waals surface area (Å²) in [6.07, 6.45) is 5.73. The molecule has 0 saturated carbocycles. The fourth-order valence-electron chi connectivity index (χ4n) is 4.22. The molecule has 8 heteroatoms. The van der Waals surface area contributed by atoms with Crippen LogP contribution in [-0.4, -0.2) is 44.5 Å². The zero-order valence-electron chi connectivity index (χ0n) is 15.4. The molecule has 0 aromatic carbocycles. The number of hydrogen-bond acceptors (Lipinski definition) is 6. The molecule has 8 nitrogen and oxygen atoms in total. The van der Waals surface area contributed by atoms with E-state index in [9.17, 15) is 4.79 Å². The lowest BCUT2D eigenvalue weighted by molar-refractivity contribution is -0.122. The highest BCUT2D eigenvalue weighted by atomic mass is 16.3. The number of rotatable bonds is 2. The monoisotopic (exact) mass is 371 g/mol. The average molecular weight is 371 g/mol. The van der Waals surface area contributed by atoms with Crippen LogP contribution < -0.4 is 11.3 Å². The number of aromatic nitrogens is 3. The van der Waals surface area contributed by atoms with E-state index in [2.05, 4.69) is 14.9 Å². The molecule has 2 aromatic rings. The quantitative estimate of drug-likeness (QED) is 0.678. The van der Waals surface area contributed by atoms with E-state index < -0.39 is 0 Å². The Labute approximate surface area is 157 Å². The van der Waals surface area contributed by atoms with Crippen molar-refractivity contribution in [1.29, 1.82) is 0 Å². The summed E-state index contributed by atoms with van der Waals surface area (Å²) in [5.74, 6) is 1.35. The van der Waals surface area contributed by atoms with Crippen LogP contribution in [0.5, 0.6) is 0 Å². The first-order valence-electron chi connectivity index (χ1n) is 9.09. The number of H-pyrrole nitrogens is 1. The van der Waals surface area contributed by atoms with Crippen LogP contribution in [0.2, 0.25) is 0 Å². The summed E-state index contributed by atoms with van der Waals surface area (Å²) in [7, 11) is 0. The standard InChI is InChI=1S/C18H23N5O.CH2O2/c1-12-21-15-14(17(24)22-12)4-5-18(15)6-9-23(10-7-18)11-13-3-2-8-20-16(13)19;2-1-3/h2-3,8H,4-7,9-11H2,1H3,(H2,19,20)(H,21,22,24);1H,(H,2,3). The number of piperidine rings is 1. The minimum Gasteiger partial charge on any atom is -0.483 e. The molecule has 0 bridgehead atoms. The van der Waals surface area contributed by atoms with Gasteiger partial charge in [0.2, 0.25) is 0 Å². The molecule has 1 saturated heterocycles. The van der Waals surface area contributed by atoms with E-state index in [0.29, 0.717) is 5.82 Å². The van der Waals surface area contributed by atoms with Crippen molar-refractivity contribution in [3.8, 4) is 0 Å². The normalized spacial score (nSPS) is 17.8. The van der Waals surface area contributed by atoms with Gasteiger partial charge in [0, 0.05) is 29.3 Å². The number of aromatic amines is 1. The van der Waals surface area contributed by atoms with Crippen molar-refractivity contribution >= 4 is 12.3 Å². The van der Waals surface area contributed by atoms with Gasteiger partial charge in [0.25, 0.3) is 12.0 Å². The second kappa shape index (κ2) is 7.87. The average Bonchev–Trinajstić information content (AvgIpc) is 2.98. The molecular formula is C19H25N5O3. The van der Waals surface area contributed by atoms with Gasteiger partial charge < -0.3 is 15.8 Å². The highest BCUT2D eigenvalue weighted by Gasteiger charge is 2.43. The Bertz CT molecular complexity index is 872. The maximum absolute atomic E-state index is 12.2. The Hall–Kier alpha value is -2.74. The van der Waals surface area contributed by atoms with Crippen molar-refractivity contribution in [3.63, 3.8) is 0 Å². The Balaban J connectivity index is 0.000000659. The fourth-order valence-corrected chi connectivity index (χ4v) is 4.22. The lowest BCUT2D eigenvalue weighted by Gasteiger charge is -2.39. The first kappa shape index (κ1) is 19.0. The van der Waals surface area contributed by atoms with Gasteiger partial charge in [-0.05, 0) is 51.8 Å². The number of nitrogens with one attached hydrogen (secondary N) is 1. The van der Waals surface area contributed by atoms with E-state index in [0.717, 1.165) is 68.0 Å². The first-order chi connectivity index (χ1) is 13.0. The summed E-state index contributed by atoms with van der Waals surface area (Å²) in [4.78, 5) is 34.7. The summed E-state index contributed by atoms with van der Waals surface area (Å²) < 4.78 is 0. The highest BCUT2D eigenvalue weighted by molar-refractivity contribution is 5.38. The topological polar surface area (TPSA) is 125 Å². The third kappa shape index (κ3) is 3.85. The third-order valence-corrected chi connectivity index (χ3v) is 5.62. The van der Waals surface area contributed by atoms with Crippen molar-refractivity contribution in [2.75, 3.05) is 18.8 Å². The number of nitrogen functional groups attached to an aromatic ring is 1. The van der Waals surface area contributed by atoms with Crippen molar-refractivity contribution in [2.45, 2.75) is 44.6 Å². The van der Waals surface area contributed by atoms with Crippen LogP contribution in [0.1, 0.15) is 41.9 Å². The summed E-state index contributed by atoms with van der Waals surface area (Å²) in [6.45, 7) is 4.46. The van der Waals surface area contributed by atoms with Gasteiger partial charge in [0.05, 0.1) is 5.69 Å². The number of anilines is 1. The zero-order chi connectivity index (χ0) is 19.4. The number of aryl methyl sites for hydroxylation is 1. The molecule has 1 fully saturated rings. The van der Waals surface area contributed by atoms with Crippen LogP contribution in [0.15, 0.2) is 23.1 Å². The summed E-state index contributed by atoms with van der Waals surface area (Å²) in [5.41, 5.74) is 9.16. The van der Waals surface area contributed by atoms with E-state index in [-0.39, 0.29) is 17.4 Å². The number of likely N-dealkylation sites (tertiary alicyclic amines) is 1. The smallest absolute Gasteiger partial charge is 0.290 e. The van der Waals surface area contributed by atoms with Crippen LogP contribution in [0.3, 0.4) is 0 Å². The second-order valence-corrected chi connectivity index (χ2v) is 7.19. The van der Waals surface area contributed by atoms with Crippen molar-refractivity contribution < 1.29 is 9.90 Å². The van der Waals surface area contributed by atoms with E-state index in [1.165, 1.54) is 0 Å². The maximum Gasteiger partial charge on any atom is 0.290 e. The van der Waals surface area contributed by atoms with Gasteiger partial charge in [0.1, 0.15) is 11.6 Å². The molecule has 27 heavy (non-hydrogen) atoms. The van der Waals surface area contributed by atoms with Gasteiger partial charge in [-0.2, -0.15) is 0 Å². The maximum atomic E-state index is 12.2. The molecule has 1 aliphatic heterocycles. The first-order valence-corrected chi connectivity index (χ1v) is 9.09. The minimum atomic E-state index is -0.250. The Kier molecular flexibility index (Phi) is 5.55. The van der Waals surface area contributed by atoms with Gasteiger partial charge in [0.15, 0.2) is 0 Å². The van der Waals surface area contributed by atoms with Crippen molar-refractivity contribution in [2.24, 2.45) is 0 Å². The molecule has 2 aromatic heterocycles.